The molecule has 2 aromatic rings. The van der Waals surface area contributed by atoms with Gasteiger partial charge in [0.25, 0.3) is 5.91 Å². The summed E-state index contributed by atoms with van der Waals surface area (Å²) in [4.78, 5) is 25.5. The van der Waals surface area contributed by atoms with Crippen molar-refractivity contribution in [1.82, 2.24) is 4.90 Å². The summed E-state index contributed by atoms with van der Waals surface area (Å²) in [6.07, 6.45) is 0. The molecule has 0 fully saturated rings. The molecule has 0 saturated carbocycles. The van der Waals surface area contributed by atoms with E-state index < -0.39 is 17.5 Å². The molecule has 3 nitrogen and oxygen atoms in total. The summed E-state index contributed by atoms with van der Waals surface area (Å²) in [6, 6.07) is 11.3. The van der Waals surface area contributed by atoms with Gasteiger partial charge in [-0.2, -0.15) is 0 Å². The Morgan fingerprint density at radius 2 is 1.77 bits per heavy atom. The van der Waals surface area contributed by atoms with E-state index in [1.807, 2.05) is 6.92 Å². The number of aryl methyl sites for hydroxylation is 1. The average Bonchev–Trinajstić information content (AvgIpc) is 2.50. The first kappa shape index (κ1) is 16.4. The molecule has 0 saturated heterocycles. The molecule has 0 aromatic heterocycles. The number of ketones is 1. The van der Waals surface area contributed by atoms with Crippen LogP contribution in [-0.4, -0.2) is 23.6 Å². The first-order chi connectivity index (χ1) is 10.4. The number of likely N-dealkylation sites (N-methyl/N-ethyl adjacent to an activating group) is 1. The maximum absolute atomic E-state index is 13.7. The summed E-state index contributed by atoms with van der Waals surface area (Å²) < 4.78 is 14.4. The quantitative estimate of drug-likeness (QED) is 0.612. The number of Topliss-reactive ketones (excluding diaryl/α,β-unsaturated/α-hetero) is 1. The normalized spacial score (nSPS) is 10.4. The van der Waals surface area contributed by atoms with Gasteiger partial charge in [0.15, 0.2) is 0 Å². The van der Waals surface area contributed by atoms with Gasteiger partial charge in [-0.05, 0) is 25.1 Å². The van der Waals surface area contributed by atoms with Gasteiger partial charge in [-0.1, -0.05) is 45.8 Å². The molecular weight excluding hydrogens is 349 g/mol. The van der Waals surface area contributed by atoms with Crippen molar-refractivity contribution < 1.29 is 14.0 Å². The molecule has 1 amide bonds. The first-order valence-corrected chi connectivity index (χ1v) is 7.48. The lowest BCUT2D eigenvalue weighted by Gasteiger charge is -2.17. The molecule has 2 aromatic carbocycles. The van der Waals surface area contributed by atoms with Gasteiger partial charge in [-0.25, -0.2) is 4.39 Å². The molecule has 0 spiro atoms. The van der Waals surface area contributed by atoms with Gasteiger partial charge in [-0.3, -0.25) is 9.59 Å². The van der Waals surface area contributed by atoms with E-state index in [1.165, 1.54) is 18.0 Å². The van der Waals surface area contributed by atoms with Crippen molar-refractivity contribution in [3.63, 3.8) is 0 Å². The molecule has 0 radical (unpaired) electrons. The van der Waals surface area contributed by atoms with Gasteiger partial charge in [-0.15, -0.1) is 0 Å². The number of nitrogens with zero attached hydrogens (tertiary/aromatic N) is 1. The Labute approximate surface area is 136 Å². The van der Waals surface area contributed by atoms with Gasteiger partial charge in [0.2, 0.25) is 5.78 Å². The average molecular weight is 364 g/mol. The van der Waals surface area contributed by atoms with E-state index in [0.29, 0.717) is 11.1 Å². The van der Waals surface area contributed by atoms with Crippen LogP contribution < -0.4 is 0 Å². The highest BCUT2D eigenvalue weighted by Gasteiger charge is 2.21. The van der Waals surface area contributed by atoms with Crippen molar-refractivity contribution in [1.29, 1.82) is 0 Å². The molecule has 0 heterocycles. The van der Waals surface area contributed by atoms with Gasteiger partial charge >= 0.3 is 0 Å². The molecule has 114 valence electrons. The lowest BCUT2D eigenvalue weighted by molar-refractivity contribution is -0.125. The third kappa shape index (κ3) is 3.80. The summed E-state index contributed by atoms with van der Waals surface area (Å²) in [5.74, 6) is -1.67. The summed E-state index contributed by atoms with van der Waals surface area (Å²) in [6.45, 7) is 1.93. The van der Waals surface area contributed by atoms with Crippen molar-refractivity contribution in [3.05, 3.63) is 69.4 Å². The number of amides is 1. The highest BCUT2D eigenvalue weighted by molar-refractivity contribution is 9.10. The highest BCUT2D eigenvalue weighted by Crippen LogP contribution is 2.17. The molecule has 0 aliphatic heterocycles. The summed E-state index contributed by atoms with van der Waals surface area (Å²) in [5.41, 5.74) is 1.69. The second-order valence-electron chi connectivity index (χ2n) is 5.09. The van der Waals surface area contributed by atoms with Crippen molar-refractivity contribution in [2.75, 3.05) is 7.05 Å². The van der Waals surface area contributed by atoms with E-state index in [9.17, 15) is 14.0 Å². The number of hydrogen-bond donors (Lipinski definition) is 0. The molecule has 0 N–H and O–H groups in total. The molecular formula is C17H15BrFNO2. The first-order valence-electron chi connectivity index (χ1n) is 6.69. The SMILES string of the molecule is Cc1ccc(C(=O)C(=O)N(C)Cc2cc(Br)ccc2F)cc1. The number of rotatable bonds is 4. The van der Waals surface area contributed by atoms with Crippen molar-refractivity contribution in [3.8, 4) is 0 Å². The summed E-state index contributed by atoms with van der Waals surface area (Å²) in [5, 5.41) is 0. The van der Waals surface area contributed by atoms with Crippen LogP contribution in [0.5, 0.6) is 0 Å². The van der Waals surface area contributed by atoms with Crippen LogP contribution in [0, 0.1) is 12.7 Å². The van der Waals surface area contributed by atoms with E-state index in [4.69, 9.17) is 0 Å². The van der Waals surface area contributed by atoms with Crippen LogP contribution in [0.25, 0.3) is 0 Å². The minimum Gasteiger partial charge on any atom is -0.334 e. The Balaban J connectivity index is 2.13. The number of carbonyl (C=O) groups excluding carboxylic acids is 2. The van der Waals surface area contributed by atoms with Crippen LogP contribution in [0.15, 0.2) is 46.9 Å². The highest BCUT2D eigenvalue weighted by atomic mass is 79.9. The lowest BCUT2D eigenvalue weighted by Crippen LogP contribution is -2.33. The lowest BCUT2D eigenvalue weighted by atomic mass is 10.1. The molecule has 2 rings (SSSR count). The third-order valence-corrected chi connectivity index (χ3v) is 3.76. The molecule has 0 unspecified atom stereocenters. The van der Waals surface area contributed by atoms with E-state index >= 15 is 0 Å². The van der Waals surface area contributed by atoms with Gasteiger partial charge in [0, 0.05) is 29.2 Å². The van der Waals surface area contributed by atoms with E-state index in [1.54, 1.807) is 36.4 Å². The van der Waals surface area contributed by atoms with Crippen LogP contribution in [0.3, 0.4) is 0 Å². The topological polar surface area (TPSA) is 37.4 Å². The second kappa shape index (κ2) is 6.83. The smallest absolute Gasteiger partial charge is 0.295 e. The Morgan fingerprint density at radius 3 is 2.41 bits per heavy atom. The van der Waals surface area contributed by atoms with Crippen LogP contribution in [-0.2, 0) is 11.3 Å². The van der Waals surface area contributed by atoms with Crippen molar-refractivity contribution in [2.24, 2.45) is 0 Å². The molecule has 5 heteroatoms. The maximum atomic E-state index is 13.7. The van der Waals surface area contributed by atoms with Gasteiger partial charge in [0.1, 0.15) is 5.82 Å². The fourth-order valence-corrected chi connectivity index (χ4v) is 2.40. The number of hydrogen-bond acceptors (Lipinski definition) is 2. The second-order valence-corrected chi connectivity index (χ2v) is 6.01. The Kier molecular flexibility index (Phi) is 5.08. The molecule has 22 heavy (non-hydrogen) atoms. The monoisotopic (exact) mass is 363 g/mol. The van der Waals surface area contributed by atoms with E-state index in [2.05, 4.69) is 15.9 Å². The van der Waals surface area contributed by atoms with E-state index in [-0.39, 0.29) is 6.54 Å². The predicted octanol–water partition coefficient (Wildman–Crippen LogP) is 3.74. The zero-order valence-corrected chi connectivity index (χ0v) is 13.9. The predicted molar refractivity (Wildman–Crippen MR) is 86.1 cm³/mol. The minimum absolute atomic E-state index is 0.0295. The van der Waals surface area contributed by atoms with Crippen LogP contribution >= 0.6 is 15.9 Å². The third-order valence-electron chi connectivity index (χ3n) is 3.27. The standard InChI is InChI=1S/C17H15BrFNO2/c1-11-3-5-12(6-4-11)16(21)17(22)20(2)10-13-9-14(18)7-8-15(13)19/h3-9H,10H2,1-2H3. The van der Waals surface area contributed by atoms with Crippen molar-refractivity contribution >= 4 is 27.6 Å². The maximum Gasteiger partial charge on any atom is 0.295 e. The molecule has 0 aliphatic rings. The molecule has 0 aliphatic carbocycles. The largest absolute Gasteiger partial charge is 0.334 e. The molecule has 0 atom stereocenters. The molecule has 0 bridgehead atoms. The fourth-order valence-electron chi connectivity index (χ4n) is 1.99. The number of carbonyl (C=O) groups is 2. The summed E-state index contributed by atoms with van der Waals surface area (Å²) >= 11 is 3.26. The minimum atomic E-state index is -0.664. The Morgan fingerprint density at radius 1 is 1.14 bits per heavy atom. The van der Waals surface area contributed by atoms with Gasteiger partial charge in [0.05, 0.1) is 0 Å². The van der Waals surface area contributed by atoms with Crippen molar-refractivity contribution in [2.45, 2.75) is 13.5 Å². The van der Waals surface area contributed by atoms with Crippen LogP contribution in [0.4, 0.5) is 4.39 Å². The van der Waals surface area contributed by atoms with Crippen LogP contribution in [0.2, 0.25) is 0 Å². The summed E-state index contributed by atoms with van der Waals surface area (Å²) in [7, 11) is 1.48. The fraction of sp³-hybridized carbons (Fsp3) is 0.176. The van der Waals surface area contributed by atoms with Crippen LogP contribution in [0.1, 0.15) is 21.5 Å². The zero-order valence-electron chi connectivity index (χ0n) is 12.3. The number of halogens is 2. The van der Waals surface area contributed by atoms with E-state index in [0.717, 1.165) is 10.0 Å². The Hall–Kier alpha value is -2.01. The Bertz CT molecular complexity index is 713. The van der Waals surface area contributed by atoms with Gasteiger partial charge < -0.3 is 4.90 Å². The zero-order chi connectivity index (χ0) is 16.3. The number of benzene rings is 2.